The van der Waals surface area contributed by atoms with Crippen molar-refractivity contribution in [1.29, 1.82) is 0 Å². The van der Waals surface area contributed by atoms with Crippen LogP contribution >= 0.6 is 0 Å². The van der Waals surface area contributed by atoms with Crippen molar-refractivity contribution in [2.24, 2.45) is 5.10 Å². The van der Waals surface area contributed by atoms with E-state index in [-0.39, 0.29) is 5.56 Å². The molecule has 1 heterocycles. The van der Waals surface area contributed by atoms with E-state index in [2.05, 4.69) is 5.10 Å². The second kappa shape index (κ2) is 5.25. The van der Waals surface area contributed by atoms with Crippen LogP contribution in [0.15, 0.2) is 53.6 Å². The molecule has 1 aliphatic heterocycles. The van der Waals surface area contributed by atoms with Crippen molar-refractivity contribution in [3.8, 4) is 0 Å². The maximum absolute atomic E-state index is 12.1. The summed E-state index contributed by atoms with van der Waals surface area (Å²) in [6.07, 6.45) is 1.34. The SMILES string of the molecule is O=C(O)c1ccc(/C=N\N2C(=O)c3ccccc3C2=O)cc1. The summed E-state index contributed by atoms with van der Waals surface area (Å²) in [5.74, 6) is -1.97. The van der Waals surface area contributed by atoms with Gasteiger partial charge in [-0.2, -0.15) is 10.1 Å². The minimum Gasteiger partial charge on any atom is -0.478 e. The summed E-state index contributed by atoms with van der Waals surface area (Å²) in [6.45, 7) is 0. The lowest BCUT2D eigenvalue weighted by Crippen LogP contribution is -2.23. The first-order valence-corrected chi connectivity index (χ1v) is 6.43. The molecule has 1 aliphatic rings. The van der Waals surface area contributed by atoms with E-state index in [0.717, 1.165) is 5.01 Å². The van der Waals surface area contributed by atoms with Crippen LogP contribution in [0.2, 0.25) is 0 Å². The zero-order valence-corrected chi connectivity index (χ0v) is 11.3. The molecule has 2 aromatic carbocycles. The zero-order chi connectivity index (χ0) is 15.7. The molecule has 0 saturated heterocycles. The fraction of sp³-hybridized carbons (Fsp3) is 0. The summed E-state index contributed by atoms with van der Waals surface area (Å²) in [4.78, 5) is 34.9. The van der Waals surface area contributed by atoms with Crippen LogP contribution < -0.4 is 0 Å². The molecule has 0 saturated carbocycles. The molecule has 0 unspecified atom stereocenters. The number of carbonyl (C=O) groups excluding carboxylic acids is 2. The zero-order valence-electron chi connectivity index (χ0n) is 11.3. The Labute approximate surface area is 125 Å². The molecule has 6 nitrogen and oxygen atoms in total. The predicted octanol–water partition coefficient (Wildman–Crippen LogP) is 2.01. The molecule has 22 heavy (non-hydrogen) atoms. The summed E-state index contributed by atoms with van der Waals surface area (Å²) in [6, 6.07) is 12.5. The van der Waals surface area contributed by atoms with E-state index in [0.29, 0.717) is 16.7 Å². The van der Waals surface area contributed by atoms with Crippen LogP contribution in [0.1, 0.15) is 36.6 Å². The Morgan fingerprint density at radius 3 is 2.00 bits per heavy atom. The van der Waals surface area contributed by atoms with Gasteiger partial charge >= 0.3 is 5.97 Å². The Morgan fingerprint density at radius 1 is 0.955 bits per heavy atom. The van der Waals surface area contributed by atoms with Gasteiger partial charge in [0.2, 0.25) is 0 Å². The predicted molar refractivity (Wildman–Crippen MR) is 77.9 cm³/mol. The lowest BCUT2D eigenvalue weighted by atomic mass is 10.1. The summed E-state index contributed by atoms with van der Waals surface area (Å²) in [5.41, 5.74) is 1.39. The molecule has 0 aliphatic carbocycles. The monoisotopic (exact) mass is 294 g/mol. The number of nitrogens with zero attached hydrogens (tertiary/aromatic N) is 2. The number of carbonyl (C=O) groups is 3. The fourth-order valence-corrected chi connectivity index (χ4v) is 2.12. The number of benzene rings is 2. The van der Waals surface area contributed by atoms with Crippen LogP contribution in [0.4, 0.5) is 0 Å². The highest BCUT2D eigenvalue weighted by Crippen LogP contribution is 2.22. The summed E-state index contributed by atoms with van der Waals surface area (Å²) in [5, 5.41) is 13.5. The maximum atomic E-state index is 12.1. The Hall–Kier alpha value is -3.28. The van der Waals surface area contributed by atoms with Crippen LogP contribution in [0.3, 0.4) is 0 Å². The van der Waals surface area contributed by atoms with Crippen molar-refractivity contribution in [3.05, 3.63) is 70.8 Å². The average Bonchev–Trinajstić information content (AvgIpc) is 2.78. The molecular weight excluding hydrogens is 284 g/mol. The molecule has 0 spiro atoms. The Bertz CT molecular complexity index is 774. The molecule has 1 N–H and O–H groups in total. The lowest BCUT2D eigenvalue weighted by molar-refractivity contribution is 0.0656. The number of hydrogen-bond acceptors (Lipinski definition) is 4. The van der Waals surface area contributed by atoms with E-state index < -0.39 is 17.8 Å². The van der Waals surface area contributed by atoms with Gasteiger partial charge in [0.25, 0.3) is 11.8 Å². The van der Waals surface area contributed by atoms with E-state index in [1.807, 2.05) is 0 Å². The van der Waals surface area contributed by atoms with Gasteiger partial charge in [-0.15, -0.1) is 0 Å². The molecular formula is C16H10N2O4. The van der Waals surface area contributed by atoms with E-state index in [9.17, 15) is 14.4 Å². The average molecular weight is 294 g/mol. The van der Waals surface area contributed by atoms with Gasteiger partial charge in [0, 0.05) is 0 Å². The second-order valence-electron chi connectivity index (χ2n) is 4.64. The number of aromatic carboxylic acids is 1. The first kappa shape index (κ1) is 13.7. The van der Waals surface area contributed by atoms with Crippen molar-refractivity contribution >= 4 is 24.0 Å². The van der Waals surface area contributed by atoms with Crippen LogP contribution in [0, 0.1) is 0 Å². The second-order valence-corrected chi connectivity index (χ2v) is 4.64. The van der Waals surface area contributed by atoms with Gasteiger partial charge in [-0.1, -0.05) is 24.3 Å². The molecule has 0 radical (unpaired) electrons. The number of hydrogen-bond donors (Lipinski definition) is 1. The molecule has 0 fully saturated rings. The fourth-order valence-electron chi connectivity index (χ4n) is 2.12. The molecule has 0 bridgehead atoms. The quantitative estimate of drug-likeness (QED) is 0.693. The smallest absolute Gasteiger partial charge is 0.335 e. The van der Waals surface area contributed by atoms with Gasteiger partial charge in [-0.25, -0.2) is 4.79 Å². The van der Waals surface area contributed by atoms with Crippen molar-refractivity contribution < 1.29 is 19.5 Å². The summed E-state index contributed by atoms with van der Waals surface area (Å²) < 4.78 is 0. The topological polar surface area (TPSA) is 87.0 Å². The van der Waals surface area contributed by atoms with Gasteiger partial charge in [0.15, 0.2) is 0 Å². The molecule has 2 amide bonds. The Kier molecular flexibility index (Phi) is 3.27. The van der Waals surface area contributed by atoms with Gasteiger partial charge in [-0.05, 0) is 29.8 Å². The molecule has 3 rings (SSSR count). The number of carboxylic acids is 1. The number of amides is 2. The Balaban J connectivity index is 1.83. The van der Waals surface area contributed by atoms with Crippen molar-refractivity contribution in [2.75, 3.05) is 0 Å². The third-order valence-electron chi connectivity index (χ3n) is 3.25. The van der Waals surface area contributed by atoms with Crippen LogP contribution in [0.25, 0.3) is 0 Å². The standard InChI is InChI=1S/C16H10N2O4/c19-14-12-3-1-2-4-13(12)15(20)18(14)17-9-10-5-7-11(8-6-10)16(21)22/h1-9H,(H,21,22)/b17-9-. The van der Waals surface area contributed by atoms with Gasteiger partial charge in [-0.3, -0.25) is 9.59 Å². The third kappa shape index (κ3) is 2.26. The van der Waals surface area contributed by atoms with Crippen LogP contribution in [0.5, 0.6) is 0 Å². The number of fused-ring (bicyclic) bond motifs is 1. The van der Waals surface area contributed by atoms with E-state index in [1.54, 1.807) is 36.4 Å². The number of carboxylic acid groups (broad SMARTS) is 1. The van der Waals surface area contributed by atoms with E-state index in [1.165, 1.54) is 18.3 Å². The number of imide groups is 1. The van der Waals surface area contributed by atoms with Crippen LogP contribution in [-0.2, 0) is 0 Å². The molecule has 6 heteroatoms. The third-order valence-corrected chi connectivity index (χ3v) is 3.25. The highest BCUT2D eigenvalue weighted by molar-refractivity contribution is 6.21. The van der Waals surface area contributed by atoms with E-state index in [4.69, 9.17) is 5.11 Å². The minimum absolute atomic E-state index is 0.151. The van der Waals surface area contributed by atoms with Gasteiger partial charge in [0.1, 0.15) is 0 Å². The highest BCUT2D eigenvalue weighted by atomic mass is 16.4. The largest absolute Gasteiger partial charge is 0.478 e. The van der Waals surface area contributed by atoms with Crippen LogP contribution in [-0.4, -0.2) is 34.1 Å². The lowest BCUT2D eigenvalue weighted by Gasteiger charge is -2.05. The molecule has 0 aromatic heterocycles. The first-order valence-electron chi connectivity index (χ1n) is 6.43. The minimum atomic E-state index is -1.02. The van der Waals surface area contributed by atoms with Crippen molar-refractivity contribution in [2.45, 2.75) is 0 Å². The molecule has 2 aromatic rings. The normalized spacial score (nSPS) is 13.7. The summed E-state index contributed by atoms with van der Waals surface area (Å²) >= 11 is 0. The number of hydrazone groups is 1. The molecule has 0 atom stereocenters. The Morgan fingerprint density at radius 2 is 1.50 bits per heavy atom. The van der Waals surface area contributed by atoms with Crippen molar-refractivity contribution in [1.82, 2.24) is 5.01 Å². The van der Waals surface area contributed by atoms with Gasteiger partial charge in [0.05, 0.1) is 22.9 Å². The van der Waals surface area contributed by atoms with E-state index >= 15 is 0 Å². The highest BCUT2D eigenvalue weighted by Gasteiger charge is 2.35. The van der Waals surface area contributed by atoms with Gasteiger partial charge < -0.3 is 5.11 Å². The molecule has 108 valence electrons. The number of rotatable bonds is 3. The van der Waals surface area contributed by atoms with Crippen molar-refractivity contribution in [3.63, 3.8) is 0 Å². The maximum Gasteiger partial charge on any atom is 0.335 e. The summed E-state index contributed by atoms with van der Waals surface area (Å²) in [7, 11) is 0. The first-order chi connectivity index (χ1) is 10.6.